The molecule has 6 heteroatoms. The molecule has 1 aliphatic rings. The van der Waals surface area contributed by atoms with Gasteiger partial charge in [0.15, 0.2) is 0 Å². The summed E-state index contributed by atoms with van der Waals surface area (Å²) in [4.78, 5) is 11.8. The number of nitrogens with two attached hydrogens (primary N) is 1. The Balaban J connectivity index is 2.33. The van der Waals surface area contributed by atoms with Gasteiger partial charge in [0.05, 0.1) is 5.92 Å². The zero-order chi connectivity index (χ0) is 14.6. The van der Waals surface area contributed by atoms with Crippen LogP contribution in [-0.2, 0) is 4.79 Å². The Bertz CT molecular complexity index is 297. The highest BCUT2D eigenvalue weighted by Crippen LogP contribution is 2.39. The minimum absolute atomic E-state index is 0.0534. The Kier molecular flexibility index (Phi) is 5.64. The third kappa shape index (κ3) is 5.01. The van der Waals surface area contributed by atoms with Gasteiger partial charge in [0, 0.05) is 18.5 Å². The number of amides is 1. The first-order chi connectivity index (χ1) is 8.71. The van der Waals surface area contributed by atoms with Crippen LogP contribution in [0.1, 0.15) is 39.5 Å². The molecule has 1 saturated carbocycles. The smallest absolute Gasteiger partial charge is 0.354 e. The molecule has 1 atom stereocenters. The highest BCUT2D eigenvalue weighted by molar-refractivity contribution is 5.78. The summed E-state index contributed by atoms with van der Waals surface area (Å²) in [6.07, 6.45) is -3.39. The van der Waals surface area contributed by atoms with E-state index in [4.69, 9.17) is 5.73 Å². The van der Waals surface area contributed by atoms with Gasteiger partial charge in [0.1, 0.15) is 0 Å². The molecule has 1 fully saturated rings. The van der Waals surface area contributed by atoms with Gasteiger partial charge >= 0.3 is 6.18 Å². The predicted octanol–water partition coefficient (Wildman–Crippen LogP) is 2.45. The number of nitrogens with one attached hydrogen (secondary N) is 1. The first-order valence-electron chi connectivity index (χ1n) is 6.81. The monoisotopic (exact) mass is 280 g/mol. The number of hydrogen-bond donors (Lipinski definition) is 2. The van der Waals surface area contributed by atoms with Gasteiger partial charge in [-0.2, -0.15) is 13.2 Å². The molecule has 0 heterocycles. The number of halogens is 3. The van der Waals surface area contributed by atoms with Crippen molar-refractivity contribution in [2.24, 2.45) is 23.5 Å². The van der Waals surface area contributed by atoms with Gasteiger partial charge in [-0.25, -0.2) is 0 Å². The molecule has 112 valence electrons. The molecular weight excluding hydrogens is 257 g/mol. The van der Waals surface area contributed by atoms with E-state index in [2.05, 4.69) is 5.32 Å². The Hall–Kier alpha value is -0.780. The maximum absolute atomic E-state index is 12.5. The first-order valence-corrected chi connectivity index (χ1v) is 6.81. The largest absolute Gasteiger partial charge is 0.391 e. The molecule has 3 nitrogen and oxygen atoms in total. The minimum atomic E-state index is -4.12. The van der Waals surface area contributed by atoms with E-state index in [1.54, 1.807) is 0 Å². The average molecular weight is 280 g/mol. The maximum Gasteiger partial charge on any atom is 0.391 e. The molecule has 1 unspecified atom stereocenters. The van der Waals surface area contributed by atoms with Crippen molar-refractivity contribution in [2.75, 3.05) is 6.54 Å². The predicted molar refractivity (Wildman–Crippen MR) is 67.3 cm³/mol. The molecule has 0 aromatic heterocycles. The summed E-state index contributed by atoms with van der Waals surface area (Å²) >= 11 is 0. The van der Waals surface area contributed by atoms with E-state index in [0.717, 1.165) is 0 Å². The fourth-order valence-electron chi connectivity index (χ4n) is 2.28. The second-order valence-electron chi connectivity index (χ2n) is 5.74. The van der Waals surface area contributed by atoms with Crippen LogP contribution in [0.3, 0.4) is 0 Å². The number of hydrogen-bond acceptors (Lipinski definition) is 2. The van der Waals surface area contributed by atoms with Crippen LogP contribution < -0.4 is 11.1 Å². The van der Waals surface area contributed by atoms with Gasteiger partial charge in [0.2, 0.25) is 5.91 Å². The molecule has 1 amide bonds. The van der Waals surface area contributed by atoms with E-state index in [1.807, 2.05) is 13.8 Å². The molecule has 1 rings (SSSR count). The normalized spacial score (nSPS) is 26.3. The Labute approximate surface area is 112 Å². The van der Waals surface area contributed by atoms with Crippen LogP contribution >= 0.6 is 0 Å². The molecule has 0 radical (unpaired) electrons. The van der Waals surface area contributed by atoms with E-state index in [-0.39, 0.29) is 36.6 Å². The van der Waals surface area contributed by atoms with Crippen LogP contribution in [0, 0.1) is 17.8 Å². The van der Waals surface area contributed by atoms with Gasteiger partial charge in [-0.1, -0.05) is 13.8 Å². The molecule has 3 N–H and O–H groups in total. The maximum atomic E-state index is 12.5. The molecule has 1 aliphatic carbocycles. The molecule has 0 aromatic carbocycles. The van der Waals surface area contributed by atoms with E-state index in [1.165, 1.54) is 0 Å². The summed E-state index contributed by atoms with van der Waals surface area (Å²) in [6.45, 7) is 4.31. The van der Waals surface area contributed by atoms with Crippen LogP contribution in [0.5, 0.6) is 0 Å². The van der Waals surface area contributed by atoms with E-state index < -0.39 is 12.1 Å². The molecule has 0 spiro atoms. The highest BCUT2D eigenvalue weighted by Gasteiger charge is 2.42. The number of alkyl halides is 3. The van der Waals surface area contributed by atoms with Crippen LogP contribution in [0.4, 0.5) is 13.2 Å². The Morgan fingerprint density at radius 3 is 2.21 bits per heavy atom. The minimum Gasteiger partial charge on any atom is -0.354 e. The fourth-order valence-corrected chi connectivity index (χ4v) is 2.28. The lowest BCUT2D eigenvalue weighted by atomic mass is 9.81. The van der Waals surface area contributed by atoms with Crippen molar-refractivity contribution in [3.05, 3.63) is 0 Å². The zero-order valence-electron chi connectivity index (χ0n) is 11.5. The zero-order valence-corrected chi connectivity index (χ0v) is 11.5. The highest BCUT2D eigenvalue weighted by atomic mass is 19.4. The lowest BCUT2D eigenvalue weighted by Crippen LogP contribution is -2.43. The summed E-state index contributed by atoms with van der Waals surface area (Å²) in [5, 5.41) is 2.74. The van der Waals surface area contributed by atoms with E-state index >= 15 is 0 Å². The van der Waals surface area contributed by atoms with Crippen LogP contribution in [0.15, 0.2) is 0 Å². The summed E-state index contributed by atoms with van der Waals surface area (Å²) < 4.78 is 37.5. The lowest BCUT2D eigenvalue weighted by molar-refractivity contribution is -0.184. The van der Waals surface area contributed by atoms with Gasteiger partial charge in [-0.15, -0.1) is 0 Å². The third-order valence-electron chi connectivity index (χ3n) is 3.93. The molecule has 0 bridgehead atoms. The van der Waals surface area contributed by atoms with Crippen LogP contribution in [0.25, 0.3) is 0 Å². The van der Waals surface area contributed by atoms with Crippen molar-refractivity contribution in [3.63, 3.8) is 0 Å². The number of rotatable bonds is 4. The number of carbonyl (C=O) groups is 1. The van der Waals surface area contributed by atoms with Gasteiger partial charge in [-0.3, -0.25) is 4.79 Å². The summed E-state index contributed by atoms with van der Waals surface area (Å²) in [6, 6.07) is -0.115. The Morgan fingerprint density at radius 2 is 1.79 bits per heavy atom. The average Bonchev–Trinajstić information content (AvgIpc) is 2.34. The van der Waals surface area contributed by atoms with Crippen LogP contribution in [-0.4, -0.2) is 24.7 Å². The standard InChI is InChI=1S/C13H23F3N2O/c1-8(2)11(17)7-18-12(19)9-3-5-10(6-4-9)13(14,15)16/h8-11H,3-7,17H2,1-2H3,(H,18,19). The van der Waals surface area contributed by atoms with Gasteiger partial charge in [0.25, 0.3) is 0 Å². The Morgan fingerprint density at radius 1 is 1.26 bits per heavy atom. The van der Waals surface area contributed by atoms with E-state index in [0.29, 0.717) is 19.4 Å². The quantitative estimate of drug-likeness (QED) is 0.831. The topological polar surface area (TPSA) is 55.1 Å². The molecule has 19 heavy (non-hydrogen) atoms. The summed E-state index contributed by atoms with van der Waals surface area (Å²) in [5.74, 6) is -1.43. The SMILES string of the molecule is CC(C)C(N)CNC(=O)C1CCC(C(F)(F)F)CC1. The summed E-state index contributed by atoms with van der Waals surface area (Å²) in [7, 11) is 0. The lowest BCUT2D eigenvalue weighted by Gasteiger charge is -2.29. The van der Waals surface area contributed by atoms with Crippen molar-refractivity contribution in [1.29, 1.82) is 0 Å². The molecule has 0 aromatic rings. The summed E-state index contributed by atoms with van der Waals surface area (Å²) in [5.41, 5.74) is 5.81. The number of carbonyl (C=O) groups excluding carboxylic acids is 1. The van der Waals surface area contributed by atoms with Crippen molar-refractivity contribution in [3.8, 4) is 0 Å². The van der Waals surface area contributed by atoms with Crippen molar-refractivity contribution in [1.82, 2.24) is 5.32 Å². The molecule has 0 aliphatic heterocycles. The van der Waals surface area contributed by atoms with Gasteiger partial charge < -0.3 is 11.1 Å². The van der Waals surface area contributed by atoms with Crippen molar-refractivity contribution in [2.45, 2.75) is 51.7 Å². The van der Waals surface area contributed by atoms with E-state index in [9.17, 15) is 18.0 Å². The fraction of sp³-hybridized carbons (Fsp3) is 0.923. The molecular formula is C13H23F3N2O. The second kappa shape index (κ2) is 6.59. The van der Waals surface area contributed by atoms with Crippen LogP contribution in [0.2, 0.25) is 0 Å². The van der Waals surface area contributed by atoms with Gasteiger partial charge in [-0.05, 0) is 31.6 Å². The molecule has 0 saturated heterocycles. The van der Waals surface area contributed by atoms with Crippen molar-refractivity contribution >= 4 is 5.91 Å². The van der Waals surface area contributed by atoms with Crippen molar-refractivity contribution < 1.29 is 18.0 Å². The first kappa shape index (κ1) is 16.3. The second-order valence-corrected chi connectivity index (χ2v) is 5.74. The third-order valence-corrected chi connectivity index (χ3v) is 3.93.